The molecule has 1 aliphatic rings. The number of halogens is 1. The number of ether oxygens (including phenoxy) is 3. The maximum absolute atomic E-state index is 12.4. The molecular formula is C24H22ClNO4S. The molecule has 3 aromatic rings. The third-order valence-electron chi connectivity index (χ3n) is 4.69. The minimum Gasteiger partial charge on any atom is -0.465 e. The molecule has 0 amide bonds. The van der Waals surface area contributed by atoms with Crippen molar-refractivity contribution in [2.75, 3.05) is 24.2 Å². The molecule has 160 valence electrons. The van der Waals surface area contributed by atoms with E-state index in [-0.39, 0.29) is 19.3 Å². The predicted molar refractivity (Wildman–Crippen MR) is 123 cm³/mol. The van der Waals surface area contributed by atoms with Crippen LogP contribution in [0.4, 0.5) is 5.69 Å². The number of benzene rings is 3. The molecule has 0 spiro atoms. The molecule has 3 aromatic carbocycles. The summed E-state index contributed by atoms with van der Waals surface area (Å²) in [6, 6.07) is 21.6. The van der Waals surface area contributed by atoms with Crippen molar-refractivity contribution in [2.45, 2.75) is 18.2 Å². The Bertz CT molecular complexity index is 1060. The van der Waals surface area contributed by atoms with Crippen molar-refractivity contribution in [3.05, 3.63) is 82.9 Å². The molecule has 1 heterocycles. The van der Waals surface area contributed by atoms with Gasteiger partial charge in [-0.15, -0.1) is 0 Å². The fourth-order valence-electron chi connectivity index (χ4n) is 3.31. The highest BCUT2D eigenvalue weighted by Gasteiger charge is 2.20. The van der Waals surface area contributed by atoms with Gasteiger partial charge in [0.15, 0.2) is 11.5 Å². The highest BCUT2D eigenvalue weighted by atomic mass is 35.5. The summed E-state index contributed by atoms with van der Waals surface area (Å²) in [5.74, 6) is 1.12. The first-order valence-electron chi connectivity index (χ1n) is 9.95. The fraction of sp³-hybridized carbons (Fsp3) is 0.208. The zero-order valence-electron chi connectivity index (χ0n) is 17.0. The second-order valence-corrected chi connectivity index (χ2v) is 8.41. The van der Waals surface area contributed by atoms with E-state index in [1.807, 2.05) is 58.9 Å². The molecule has 0 atom stereocenters. The van der Waals surface area contributed by atoms with Crippen LogP contribution in [0.5, 0.6) is 11.5 Å². The smallest absolute Gasteiger partial charge is 0.326 e. The second-order valence-electron chi connectivity index (χ2n) is 6.88. The largest absolute Gasteiger partial charge is 0.465 e. The van der Waals surface area contributed by atoms with E-state index in [1.54, 1.807) is 6.92 Å². The van der Waals surface area contributed by atoms with Crippen molar-refractivity contribution in [3.63, 3.8) is 0 Å². The molecule has 31 heavy (non-hydrogen) atoms. The number of anilines is 1. The third kappa shape index (κ3) is 5.46. The van der Waals surface area contributed by atoms with Gasteiger partial charge in [-0.2, -0.15) is 0 Å². The van der Waals surface area contributed by atoms with Crippen molar-refractivity contribution in [3.8, 4) is 11.5 Å². The van der Waals surface area contributed by atoms with Crippen LogP contribution in [0.15, 0.2) is 71.6 Å². The summed E-state index contributed by atoms with van der Waals surface area (Å²) >= 11 is 7.77. The Morgan fingerprint density at radius 2 is 1.87 bits per heavy atom. The van der Waals surface area contributed by atoms with Crippen molar-refractivity contribution in [1.82, 2.24) is 0 Å². The fourth-order valence-corrected chi connectivity index (χ4v) is 4.49. The van der Waals surface area contributed by atoms with E-state index in [1.165, 1.54) is 11.9 Å². The van der Waals surface area contributed by atoms with Gasteiger partial charge in [0.25, 0.3) is 0 Å². The minimum atomic E-state index is -0.295. The maximum Gasteiger partial charge on any atom is 0.326 e. The SMILES string of the molecule is CCOC(=O)CN(Sc1ccc2c(c1)OCO2)c1ccc(Cl)cc1Cc1ccccc1. The topological polar surface area (TPSA) is 48.0 Å². The number of nitrogens with zero attached hydrogens (tertiary/aromatic N) is 1. The molecule has 0 N–H and O–H groups in total. The highest BCUT2D eigenvalue weighted by Crippen LogP contribution is 2.39. The molecule has 4 rings (SSSR count). The van der Waals surface area contributed by atoms with Crippen LogP contribution in [0, 0.1) is 0 Å². The van der Waals surface area contributed by atoms with Crippen LogP contribution in [0.2, 0.25) is 5.02 Å². The van der Waals surface area contributed by atoms with Gasteiger partial charge < -0.3 is 18.5 Å². The number of fused-ring (bicyclic) bond motifs is 1. The first-order valence-corrected chi connectivity index (χ1v) is 11.1. The Morgan fingerprint density at radius 3 is 2.68 bits per heavy atom. The molecule has 0 bridgehead atoms. The molecule has 0 saturated heterocycles. The highest BCUT2D eigenvalue weighted by molar-refractivity contribution is 8.00. The van der Waals surface area contributed by atoms with Gasteiger partial charge in [0.1, 0.15) is 6.54 Å². The van der Waals surface area contributed by atoms with Crippen molar-refractivity contribution in [1.29, 1.82) is 0 Å². The monoisotopic (exact) mass is 455 g/mol. The summed E-state index contributed by atoms with van der Waals surface area (Å²) < 4.78 is 18.1. The summed E-state index contributed by atoms with van der Waals surface area (Å²) in [7, 11) is 0. The molecule has 0 aliphatic carbocycles. The van der Waals surface area contributed by atoms with Crippen LogP contribution in [-0.4, -0.2) is 25.9 Å². The summed E-state index contributed by atoms with van der Waals surface area (Å²) in [5, 5.41) is 0.652. The quantitative estimate of drug-likeness (QED) is 0.319. The average molecular weight is 456 g/mol. The lowest BCUT2D eigenvalue weighted by molar-refractivity contribution is -0.141. The normalized spacial score (nSPS) is 11.9. The Balaban J connectivity index is 1.66. The van der Waals surface area contributed by atoms with Gasteiger partial charge >= 0.3 is 5.97 Å². The zero-order chi connectivity index (χ0) is 21.6. The summed E-state index contributed by atoms with van der Waals surface area (Å²) in [4.78, 5) is 13.3. The minimum absolute atomic E-state index is 0.0936. The molecule has 0 aromatic heterocycles. The summed E-state index contributed by atoms with van der Waals surface area (Å²) in [6.07, 6.45) is 0.692. The number of carbonyl (C=O) groups is 1. The Hall–Kier alpha value is -2.83. The number of hydrogen-bond donors (Lipinski definition) is 0. The number of carbonyl (C=O) groups excluding carboxylic acids is 1. The lowest BCUT2D eigenvalue weighted by atomic mass is 10.0. The van der Waals surface area contributed by atoms with Crippen LogP contribution in [-0.2, 0) is 16.0 Å². The molecule has 0 saturated carbocycles. The van der Waals surface area contributed by atoms with Gasteiger partial charge in [0.05, 0.1) is 12.3 Å². The molecule has 5 nitrogen and oxygen atoms in total. The van der Waals surface area contributed by atoms with E-state index in [4.69, 9.17) is 25.8 Å². The van der Waals surface area contributed by atoms with Crippen molar-refractivity contribution in [2.24, 2.45) is 0 Å². The molecule has 0 radical (unpaired) electrons. The third-order valence-corrected chi connectivity index (χ3v) is 5.93. The Kier molecular flexibility index (Phi) is 6.89. The molecule has 1 aliphatic heterocycles. The molecule has 0 unspecified atom stereocenters. The van der Waals surface area contributed by atoms with E-state index in [9.17, 15) is 4.79 Å². The van der Waals surface area contributed by atoms with Gasteiger partial charge in [-0.1, -0.05) is 41.9 Å². The Morgan fingerprint density at radius 1 is 1.06 bits per heavy atom. The average Bonchev–Trinajstić information content (AvgIpc) is 3.22. The molecular weight excluding hydrogens is 434 g/mol. The Labute approximate surface area is 191 Å². The second kappa shape index (κ2) is 9.98. The first-order chi connectivity index (χ1) is 15.1. The lowest BCUT2D eigenvalue weighted by Crippen LogP contribution is -2.26. The predicted octanol–water partition coefficient (Wildman–Crippen LogP) is 5.74. The van der Waals surface area contributed by atoms with Crippen LogP contribution >= 0.6 is 23.5 Å². The summed E-state index contributed by atoms with van der Waals surface area (Å²) in [6.45, 7) is 2.44. The molecule has 0 fully saturated rings. The zero-order valence-corrected chi connectivity index (χ0v) is 18.6. The number of esters is 1. The first kappa shape index (κ1) is 21.4. The van der Waals surface area contributed by atoms with Gasteiger partial charge in [0, 0.05) is 9.92 Å². The van der Waals surface area contributed by atoms with E-state index in [0.29, 0.717) is 23.8 Å². The van der Waals surface area contributed by atoms with Crippen LogP contribution in [0.1, 0.15) is 18.1 Å². The standard InChI is InChI=1S/C24H22ClNO4S/c1-2-28-24(27)15-26(31-20-9-11-22-23(14-20)30-16-29-22)21-10-8-19(25)13-18(21)12-17-6-4-3-5-7-17/h3-11,13-14H,2,12,15-16H2,1H3. The van der Waals surface area contributed by atoms with Gasteiger partial charge in [-0.05, 0) is 72.8 Å². The van der Waals surface area contributed by atoms with Gasteiger partial charge in [-0.3, -0.25) is 4.79 Å². The lowest BCUT2D eigenvalue weighted by Gasteiger charge is -2.25. The number of rotatable bonds is 8. The van der Waals surface area contributed by atoms with E-state index in [2.05, 4.69) is 12.1 Å². The van der Waals surface area contributed by atoms with Crippen LogP contribution in [0.3, 0.4) is 0 Å². The van der Waals surface area contributed by atoms with Gasteiger partial charge in [-0.25, -0.2) is 0 Å². The van der Waals surface area contributed by atoms with Crippen LogP contribution < -0.4 is 13.8 Å². The van der Waals surface area contributed by atoms with E-state index >= 15 is 0 Å². The van der Waals surface area contributed by atoms with Crippen LogP contribution in [0.25, 0.3) is 0 Å². The maximum atomic E-state index is 12.4. The van der Waals surface area contributed by atoms with E-state index < -0.39 is 0 Å². The molecule has 7 heteroatoms. The number of hydrogen-bond acceptors (Lipinski definition) is 6. The van der Waals surface area contributed by atoms with Gasteiger partial charge in [0.2, 0.25) is 6.79 Å². The summed E-state index contributed by atoms with van der Waals surface area (Å²) in [5.41, 5.74) is 3.09. The van der Waals surface area contributed by atoms with Crippen molar-refractivity contribution < 1.29 is 19.0 Å². The van der Waals surface area contributed by atoms with E-state index in [0.717, 1.165) is 27.5 Å². The van der Waals surface area contributed by atoms with Crippen molar-refractivity contribution >= 4 is 35.2 Å².